The maximum Gasteiger partial charge on any atom is 1.00 e. The molecule has 2 nitrogen and oxygen atoms in total. The molecule has 0 fully saturated rings. The maximum absolute atomic E-state index is 9.06. The summed E-state index contributed by atoms with van der Waals surface area (Å²) in [6.07, 6.45) is 22.1. The van der Waals surface area contributed by atoms with E-state index < -0.39 is 0 Å². The number of aliphatic hydroxyl groups is 1. The van der Waals surface area contributed by atoms with E-state index in [0.29, 0.717) is 6.61 Å². The summed E-state index contributed by atoms with van der Waals surface area (Å²) >= 11 is 0. The summed E-state index contributed by atoms with van der Waals surface area (Å²) in [4.78, 5) is 0. The van der Waals surface area contributed by atoms with Gasteiger partial charge in [0.2, 0.25) is 0 Å². The van der Waals surface area contributed by atoms with E-state index in [1.54, 1.807) is 6.92 Å². The Hall–Kier alpha value is 0.920. The molecule has 0 aliphatic rings. The molecule has 0 aromatic rings. The molecule has 0 aromatic carbocycles. The van der Waals surface area contributed by atoms with Gasteiger partial charge in [0.1, 0.15) is 0 Å². The second-order valence-electron chi connectivity index (χ2n) is 7.23. The molecule has 0 aliphatic heterocycles. The first kappa shape index (κ1) is 27.1. The van der Waals surface area contributed by atoms with Gasteiger partial charge < -0.3 is 11.3 Å². The molecule has 0 bridgehead atoms. The molecule has 3 heteroatoms. The average molecular weight is 353 g/mol. The third-order valence-corrected chi connectivity index (χ3v) is 4.50. The zero-order chi connectivity index (χ0) is 17.0. The summed E-state index contributed by atoms with van der Waals surface area (Å²) in [5.41, 5.74) is 0. The average Bonchev–Trinajstić information content (AvgIpc) is 2.53. The predicted octanol–water partition coefficient (Wildman–Crippen LogP) is 3.76. The van der Waals surface area contributed by atoms with Gasteiger partial charge in [-0.1, -0.05) is 103 Å². The minimum Gasteiger partial charge on any atom is -1.00 e. The van der Waals surface area contributed by atoms with E-state index >= 15 is 0 Å². The van der Waals surface area contributed by atoms with Crippen molar-refractivity contribution in [3.8, 4) is 0 Å². The second kappa shape index (κ2) is 23.9. The number of aliphatic hydroxyl groups excluding tert-OH is 1. The molecule has 0 saturated carbocycles. The molecule has 24 heavy (non-hydrogen) atoms. The summed E-state index contributed by atoms with van der Waals surface area (Å²) in [5, 5.41) is 9.06. The van der Waals surface area contributed by atoms with E-state index in [4.69, 9.17) is 9.84 Å². The molecule has 0 aromatic heterocycles. The van der Waals surface area contributed by atoms with Crippen LogP contribution in [0, 0.1) is 0 Å². The van der Waals surface area contributed by atoms with Gasteiger partial charge in [-0.2, -0.15) is 0 Å². The maximum atomic E-state index is 9.06. The van der Waals surface area contributed by atoms with E-state index in [-0.39, 0.29) is 37.1 Å². The summed E-state index contributed by atoms with van der Waals surface area (Å²) < 4.78 is 5.36. The number of hydrogen-bond acceptors (Lipinski definition) is 2. The molecular formula is C21H45NaO2. The fraction of sp³-hybridized carbons (Fsp3) is 1.00. The molecule has 0 amide bonds. The van der Waals surface area contributed by atoms with Crippen LogP contribution >= 0.6 is 0 Å². The van der Waals surface area contributed by atoms with Gasteiger partial charge >= 0.3 is 29.6 Å². The Morgan fingerprint density at radius 2 is 1.00 bits per heavy atom. The Morgan fingerprint density at radius 3 is 1.33 bits per heavy atom. The van der Waals surface area contributed by atoms with Gasteiger partial charge in [-0.05, 0) is 13.3 Å². The van der Waals surface area contributed by atoms with Gasteiger partial charge in [0, 0.05) is 6.61 Å². The molecule has 1 N–H and O–H groups in total. The van der Waals surface area contributed by atoms with Crippen molar-refractivity contribution in [2.75, 3.05) is 13.2 Å². The molecule has 0 saturated heterocycles. The fourth-order valence-electron chi connectivity index (χ4n) is 3.01. The SMILES string of the molecule is CCCCCCCCCCCCCCCCCCOCC(C)O.[H-].[Na+]. The van der Waals surface area contributed by atoms with Crippen molar-refractivity contribution >= 4 is 0 Å². The first-order chi connectivity index (χ1) is 11.3. The van der Waals surface area contributed by atoms with Crippen molar-refractivity contribution in [3.05, 3.63) is 0 Å². The second-order valence-corrected chi connectivity index (χ2v) is 7.23. The normalized spacial score (nSPS) is 12.1. The van der Waals surface area contributed by atoms with E-state index in [1.165, 1.54) is 96.3 Å². The Balaban J connectivity index is -0.00000242. The largest absolute Gasteiger partial charge is 1.00 e. The molecule has 0 aliphatic carbocycles. The van der Waals surface area contributed by atoms with Gasteiger partial charge in [-0.15, -0.1) is 0 Å². The van der Waals surface area contributed by atoms with E-state index in [1.807, 2.05) is 0 Å². The van der Waals surface area contributed by atoms with Crippen molar-refractivity contribution in [1.29, 1.82) is 0 Å². The molecule has 0 radical (unpaired) electrons. The molecule has 1 atom stereocenters. The standard InChI is InChI=1S/C21H44O2.Na.H/c1-3-4-5-6-7-8-9-10-11-12-13-14-15-16-17-18-19-23-20-21(2)22;;/h21-22H,3-20H2,1-2H3;;/q;+1;-1. The van der Waals surface area contributed by atoms with Gasteiger partial charge in [-0.25, -0.2) is 0 Å². The third kappa shape index (κ3) is 25.2. The monoisotopic (exact) mass is 352 g/mol. The quantitative estimate of drug-likeness (QED) is 0.283. The van der Waals surface area contributed by atoms with Crippen LogP contribution in [0.4, 0.5) is 0 Å². The van der Waals surface area contributed by atoms with Crippen molar-refractivity contribution in [2.24, 2.45) is 0 Å². The van der Waals surface area contributed by atoms with Crippen LogP contribution in [-0.2, 0) is 4.74 Å². The van der Waals surface area contributed by atoms with E-state index in [9.17, 15) is 0 Å². The summed E-state index contributed by atoms with van der Waals surface area (Å²) in [5.74, 6) is 0. The van der Waals surface area contributed by atoms with E-state index in [0.717, 1.165) is 13.0 Å². The van der Waals surface area contributed by atoms with Crippen LogP contribution < -0.4 is 29.6 Å². The smallest absolute Gasteiger partial charge is 1.00 e. The molecule has 1 unspecified atom stereocenters. The Kier molecular flexibility index (Phi) is 27.1. The number of unbranched alkanes of at least 4 members (excludes halogenated alkanes) is 15. The van der Waals surface area contributed by atoms with Crippen molar-refractivity contribution in [2.45, 2.75) is 123 Å². The minimum absolute atomic E-state index is 0. The Morgan fingerprint density at radius 1 is 0.667 bits per heavy atom. The number of hydrogen-bond donors (Lipinski definition) is 1. The van der Waals surface area contributed by atoms with Crippen molar-refractivity contribution < 1.29 is 40.8 Å². The Bertz CT molecular complexity index is 216. The van der Waals surface area contributed by atoms with Crippen LogP contribution in [0.3, 0.4) is 0 Å². The van der Waals surface area contributed by atoms with Crippen LogP contribution in [0.25, 0.3) is 0 Å². The molecule has 142 valence electrons. The van der Waals surface area contributed by atoms with Crippen LogP contribution in [0.2, 0.25) is 0 Å². The molecular weight excluding hydrogens is 307 g/mol. The molecule has 0 heterocycles. The van der Waals surface area contributed by atoms with Gasteiger partial charge in [0.25, 0.3) is 0 Å². The van der Waals surface area contributed by atoms with Crippen LogP contribution in [0.5, 0.6) is 0 Å². The number of ether oxygens (including phenoxy) is 1. The van der Waals surface area contributed by atoms with Gasteiger partial charge in [-0.3, -0.25) is 0 Å². The predicted molar refractivity (Wildman–Crippen MR) is 103 cm³/mol. The zero-order valence-corrected chi connectivity index (χ0v) is 19.2. The first-order valence-corrected chi connectivity index (χ1v) is 10.5. The third-order valence-electron chi connectivity index (χ3n) is 4.50. The fourth-order valence-corrected chi connectivity index (χ4v) is 3.01. The summed E-state index contributed by atoms with van der Waals surface area (Å²) in [7, 11) is 0. The van der Waals surface area contributed by atoms with Crippen LogP contribution in [0.1, 0.15) is 118 Å². The first-order valence-electron chi connectivity index (χ1n) is 10.5. The van der Waals surface area contributed by atoms with Crippen LogP contribution in [0.15, 0.2) is 0 Å². The zero-order valence-electron chi connectivity index (χ0n) is 18.2. The molecule has 0 spiro atoms. The van der Waals surface area contributed by atoms with Gasteiger partial charge in [0.15, 0.2) is 0 Å². The van der Waals surface area contributed by atoms with Gasteiger partial charge in [0.05, 0.1) is 12.7 Å². The summed E-state index contributed by atoms with van der Waals surface area (Å²) in [6, 6.07) is 0. The van der Waals surface area contributed by atoms with Crippen molar-refractivity contribution in [1.82, 2.24) is 0 Å². The summed E-state index contributed by atoms with van der Waals surface area (Å²) in [6.45, 7) is 5.35. The minimum atomic E-state index is -0.323. The van der Waals surface area contributed by atoms with E-state index in [2.05, 4.69) is 6.92 Å². The number of rotatable bonds is 19. The molecule has 0 rings (SSSR count). The van der Waals surface area contributed by atoms with Crippen molar-refractivity contribution in [3.63, 3.8) is 0 Å². The topological polar surface area (TPSA) is 29.5 Å². The Labute approximate surface area is 176 Å². The van der Waals surface area contributed by atoms with Crippen LogP contribution in [-0.4, -0.2) is 24.4 Å².